The summed E-state index contributed by atoms with van der Waals surface area (Å²) in [5.41, 5.74) is 1.29. The highest BCUT2D eigenvalue weighted by Crippen LogP contribution is 2.35. The van der Waals surface area contributed by atoms with Crippen molar-refractivity contribution in [1.82, 2.24) is 15.3 Å². The van der Waals surface area contributed by atoms with Gasteiger partial charge in [0.2, 0.25) is 5.91 Å². The third-order valence-corrected chi connectivity index (χ3v) is 6.84. The van der Waals surface area contributed by atoms with Crippen molar-refractivity contribution in [3.63, 3.8) is 0 Å². The highest BCUT2D eigenvalue weighted by atomic mass is 16.5. The lowest BCUT2D eigenvalue weighted by Gasteiger charge is -2.33. The Labute approximate surface area is 233 Å². The van der Waals surface area contributed by atoms with E-state index in [1.54, 1.807) is 49.4 Å². The van der Waals surface area contributed by atoms with Crippen molar-refractivity contribution in [2.45, 2.75) is 51.1 Å². The highest BCUT2D eigenvalue weighted by Gasteiger charge is 2.36. The molecule has 3 aromatic rings. The molecule has 1 N–H and O–H groups in total. The molecule has 0 spiro atoms. The molecule has 0 radical (unpaired) electrons. The molecule has 0 aliphatic heterocycles. The van der Waals surface area contributed by atoms with E-state index in [2.05, 4.69) is 15.3 Å². The maximum absolute atomic E-state index is 14.1. The summed E-state index contributed by atoms with van der Waals surface area (Å²) in [6, 6.07) is 10.4. The number of nitrogens with one attached hydrogen (secondary N) is 1. The predicted molar refractivity (Wildman–Crippen MR) is 149 cm³/mol. The quantitative estimate of drug-likeness (QED) is 0.369. The summed E-state index contributed by atoms with van der Waals surface area (Å²) in [5, 5.41) is 3.17. The average molecular weight is 547 g/mol. The molecule has 40 heavy (non-hydrogen) atoms. The number of amides is 2. The SMILES string of the molecule is CCOC(=O)c1ccc(N(C(=O)c2cnccn2)[C@@H](C(=O)NC2CCCCC2)c2ccc(OC)c(OC)c2)cc1. The number of rotatable bonds is 10. The molecular weight excluding hydrogens is 512 g/mol. The van der Waals surface area contributed by atoms with Gasteiger partial charge in [0.25, 0.3) is 5.91 Å². The molecule has 2 aromatic carbocycles. The maximum atomic E-state index is 14.1. The van der Waals surface area contributed by atoms with Gasteiger partial charge in [-0.15, -0.1) is 0 Å². The minimum atomic E-state index is -1.09. The number of hydrogen-bond acceptors (Lipinski definition) is 8. The Balaban J connectivity index is 1.84. The first-order valence-corrected chi connectivity index (χ1v) is 13.4. The van der Waals surface area contributed by atoms with Gasteiger partial charge in [-0.3, -0.25) is 19.5 Å². The molecular formula is C30H34N4O6. The van der Waals surface area contributed by atoms with E-state index >= 15 is 0 Å². The monoisotopic (exact) mass is 546 g/mol. The van der Waals surface area contributed by atoms with E-state index in [1.807, 2.05) is 0 Å². The number of benzene rings is 2. The number of ether oxygens (including phenoxy) is 3. The van der Waals surface area contributed by atoms with Gasteiger partial charge in [0.05, 0.1) is 32.6 Å². The number of carbonyl (C=O) groups is 3. The minimum absolute atomic E-state index is 0.00329. The predicted octanol–water partition coefficient (Wildman–Crippen LogP) is 4.51. The Hall–Kier alpha value is -4.47. The Morgan fingerprint density at radius 1 is 0.975 bits per heavy atom. The topological polar surface area (TPSA) is 120 Å². The van der Waals surface area contributed by atoms with Crippen molar-refractivity contribution < 1.29 is 28.6 Å². The van der Waals surface area contributed by atoms with Crippen LogP contribution in [0.2, 0.25) is 0 Å². The fraction of sp³-hybridized carbons (Fsp3) is 0.367. The Morgan fingerprint density at radius 2 is 1.70 bits per heavy atom. The summed E-state index contributed by atoms with van der Waals surface area (Å²) in [6.45, 7) is 1.97. The summed E-state index contributed by atoms with van der Waals surface area (Å²) in [6.07, 6.45) is 9.18. The summed E-state index contributed by atoms with van der Waals surface area (Å²) >= 11 is 0. The van der Waals surface area contributed by atoms with Gasteiger partial charge < -0.3 is 19.5 Å². The van der Waals surface area contributed by atoms with Gasteiger partial charge in [-0.05, 0) is 61.7 Å². The molecule has 0 bridgehead atoms. The van der Waals surface area contributed by atoms with E-state index < -0.39 is 17.9 Å². The summed E-state index contributed by atoms with van der Waals surface area (Å²) < 4.78 is 16.0. The molecule has 10 nitrogen and oxygen atoms in total. The van der Waals surface area contributed by atoms with Crippen LogP contribution < -0.4 is 19.7 Å². The zero-order valence-electron chi connectivity index (χ0n) is 23.0. The molecule has 1 aliphatic carbocycles. The van der Waals surface area contributed by atoms with Crippen LogP contribution in [0, 0.1) is 0 Å². The van der Waals surface area contributed by atoms with Crippen LogP contribution in [0.5, 0.6) is 11.5 Å². The van der Waals surface area contributed by atoms with Crippen molar-refractivity contribution in [3.05, 3.63) is 77.9 Å². The second-order valence-corrected chi connectivity index (χ2v) is 9.39. The van der Waals surface area contributed by atoms with Gasteiger partial charge >= 0.3 is 5.97 Å². The van der Waals surface area contributed by atoms with E-state index in [0.29, 0.717) is 28.3 Å². The van der Waals surface area contributed by atoms with Crippen molar-refractivity contribution in [2.24, 2.45) is 0 Å². The van der Waals surface area contributed by atoms with Crippen LogP contribution in [-0.4, -0.2) is 54.6 Å². The fourth-order valence-corrected chi connectivity index (χ4v) is 4.86. The Bertz CT molecular complexity index is 1310. The van der Waals surface area contributed by atoms with E-state index in [1.165, 1.54) is 37.7 Å². The van der Waals surface area contributed by atoms with Crippen molar-refractivity contribution >= 4 is 23.5 Å². The molecule has 1 saturated carbocycles. The van der Waals surface area contributed by atoms with E-state index in [9.17, 15) is 14.4 Å². The van der Waals surface area contributed by atoms with Crippen LogP contribution in [0.4, 0.5) is 5.69 Å². The van der Waals surface area contributed by atoms with Gasteiger partial charge in [-0.1, -0.05) is 25.3 Å². The first-order valence-electron chi connectivity index (χ1n) is 13.4. The molecule has 0 saturated heterocycles. The molecule has 1 fully saturated rings. The lowest BCUT2D eigenvalue weighted by Crippen LogP contribution is -2.47. The molecule has 1 atom stereocenters. The Morgan fingerprint density at radius 3 is 2.33 bits per heavy atom. The van der Waals surface area contributed by atoms with Crippen molar-refractivity contribution in [3.8, 4) is 11.5 Å². The molecule has 0 unspecified atom stereocenters. The average Bonchev–Trinajstić information content (AvgIpc) is 3.00. The summed E-state index contributed by atoms with van der Waals surface area (Å²) in [7, 11) is 3.04. The third kappa shape index (κ3) is 6.56. The minimum Gasteiger partial charge on any atom is -0.493 e. The second-order valence-electron chi connectivity index (χ2n) is 9.39. The van der Waals surface area contributed by atoms with Crippen LogP contribution in [-0.2, 0) is 9.53 Å². The van der Waals surface area contributed by atoms with Crippen molar-refractivity contribution in [2.75, 3.05) is 25.7 Å². The smallest absolute Gasteiger partial charge is 0.338 e. The standard InChI is InChI=1S/C30H34N4O6/c1-4-40-30(37)20-10-13-23(14-11-20)34(29(36)24-19-31-16-17-32-24)27(28(35)33-22-8-6-5-7-9-22)21-12-15-25(38-2)26(18-21)39-3/h10-19,22,27H,4-9H2,1-3H3,(H,33,35)/t27-/m1/s1. The zero-order chi connectivity index (χ0) is 28.5. The molecule has 1 aromatic heterocycles. The van der Waals surface area contributed by atoms with E-state index in [0.717, 1.165) is 32.1 Å². The Kier molecular flexibility index (Phi) is 9.66. The lowest BCUT2D eigenvalue weighted by molar-refractivity contribution is -0.123. The van der Waals surface area contributed by atoms with E-state index in [-0.39, 0.29) is 24.2 Å². The number of esters is 1. The molecule has 1 aliphatic rings. The lowest BCUT2D eigenvalue weighted by atomic mass is 9.94. The number of methoxy groups -OCH3 is 2. The summed E-state index contributed by atoms with van der Waals surface area (Å²) in [5.74, 6) is -0.447. The first kappa shape index (κ1) is 28.5. The van der Waals surface area contributed by atoms with Gasteiger partial charge in [-0.2, -0.15) is 0 Å². The van der Waals surface area contributed by atoms with Gasteiger partial charge in [0, 0.05) is 24.1 Å². The van der Waals surface area contributed by atoms with Crippen LogP contribution in [0.15, 0.2) is 61.1 Å². The molecule has 4 rings (SSSR count). The van der Waals surface area contributed by atoms with Crippen molar-refractivity contribution in [1.29, 1.82) is 0 Å². The normalized spacial score (nSPS) is 14.1. The molecule has 2 amide bonds. The maximum Gasteiger partial charge on any atom is 0.338 e. The van der Waals surface area contributed by atoms with Crippen LogP contribution >= 0.6 is 0 Å². The summed E-state index contributed by atoms with van der Waals surface area (Å²) in [4.78, 5) is 50.1. The molecule has 210 valence electrons. The molecule has 1 heterocycles. The number of carbonyl (C=O) groups excluding carboxylic acids is 3. The van der Waals surface area contributed by atoms with Crippen LogP contribution in [0.1, 0.15) is 71.5 Å². The van der Waals surface area contributed by atoms with Gasteiger partial charge in [0.1, 0.15) is 11.7 Å². The largest absolute Gasteiger partial charge is 0.493 e. The number of hydrogen-bond donors (Lipinski definition) is 1. The second kappa shape index (κ2) is 13.5. The fourth-order valence-electron chi connectivity index (χ4n) is 4.86. The first-order chi connectivity index (χ1) is 19.5. The number of aromatic nitrogens is 2. The van der Waals surface area contributed by atoms with Crippen LogP contribution in [0.25, 0.3) is 0 Å². The zero-order valence-corrected chi connectivity index (χ0v) is 23.0. The van der Waals surface area contributed by atoms with Gasteiger partial charge in [0.15, 0.2) is 11.5 Å². The van der Waals surface area contributed by atoms with Crippen LogP contribution in [0.3, 0.4) is 0 Å². The number of nitrogens with zero attached hydrogens (tertiary/aromatic N) is 3. The number of anilines is 1. The van der Waals surface area contributed by atoms with Gasteiger partial charge in [-0.25, -0.2) is 9.78 Å². The third-order valence-electron chi connectivity index (χ3n) is 6.84. The van der Waals surface area contributed by atoms with E-state index in [4.69, 9.17) is 14.2 Å². The molecule has 10 heteroatoms. The highest BCUT2D eigenvalue weighted by molar-refractivity contribution is 6.09.